The van der Waals surface area contributed by atoms with Gasteiger partial charge in [0, 0.05) is 17.9 Å². The van der Waals surface area contributed by atoms with Gasteiger partial charge >= 0.3 is 0 Å². The van der Waals surface area contributed by atoms with Crippen LogP contribution < -0.4 is 5.32 Å². The maximum atomic E-state index is 12.6. The normalized spacial score (nSPS) is 11.6. The Balaban J connectivity index is 1.61. The van der Waals surface area contributed by atoms with Crippen LogP contribution in [0, 0.1) is 17.0 Å². The van der Waals surface area contributed by atoms with Crippen molar-refractivity contribution in [2.75, 3.05) is 5.75 Å². The molecule has 0 bridgehead atoms. The Morgan fingerprint density at radius 3 is 2.21 bits per heavy atom. The first kappa shape index (κ1) is 20.6. The first-order valence-electron chi connectivity index (χ1n) is 9.25. The highest BCUT2D eigenvalue weighted by molar-refractivity contribution is 7.99. The van der Waals surface area contributed by atoms with Crippen molar-refractivity contribution in [3.63, 3.8) is 0 Å². The van der Waals surface area contributed by atoms with Crippen molar-refractivity contribution in [1.29, 1.82) is 0 Å². The second kappa shape index (κ2) is 9.89. The van der Waals surface area contributed by atoms with Crippen molar-refractivity contribution >= 4 is 23.4 Å². The number of nitro groups is 1. The van der Waals surface area contributed by atoms with Gasteiger partial charge in [0.15, 0.2) is 0 Å². The number of non-ortho nitro benzene ring substituents is 1. The van der Waals surface area contributed by atoms with E-state index < -0.39 is 4.92 Å². The molecule has 6 heteroatoms. The number of aryl methyl sites for hydroxylation is 1. The van der Waals surface area contributed by atoms with Crippen molar-refractivity contribution in [3.05, 3.63) is 111 Å². The number of carbonyl (C=O) groups is 1. The summed E-state index contributed by atoms with van der Waals surface area (Å²) < 4.78 is 0. The molecule has 5 nitrogen and oxygen atoms in total. The van der Waals surface area contributed by atoms with Crippen LogP contribution in [0.1, 0.15) is 28.3 Å². The van der Waals surface area contributed by atoms with E-state index in [0.717, 1.165) is 16.7 Å². The molecule has 0 saturated heterocycles. The van der Waals surface area contributed by atoms with Crippen LogP contribution in [0.15, 0.2) is 78.9 Å². The summed E-state index contributed by atoms with van der Waals surface area (Å²) in [6, 6.07) is 24.3. The van der Waals surface area contributed by atoms with Gasteiger partial charge in [-0.3, -0.25) is 14.9 Å². The van der Waals surface area contributed by atoms with Crippen LogP contribution in [-0.4, -0.2) is 16.6 Å². The second-order valence-electron chi connectivity index (χ2n) is 6.74. The van der Waals surface area contributed by atoms with Crippen LogP contribution in [0.2, 0.25) is 0 Å². The third-order valence-corrected chi connectivity index (χ3v) is 5.50. The molecule has 0 aromatic heterocycles. The molecule has 29 heavy (non-hydrogen) atoms. The summed E-state index contributed by atoms with van der Waals surface area (Å²) in [5, 5.41) is 13.8. The van der Waals surface area contributed by atoms with Gasteiger partial charge in [-0.1, -0.05) is 72.3 Å². The lowest BCUT2D eigenvalue weighted by atomic mass is 9.98. The van der Waals surface area contributed by atoms with Crippen molar-refractivity contribution < 1.29 is 9.72 Å². The van der Waals surface area contributed by atoms with Gasteiger partial charge in [-0.05, 0) is 23.6 Å². The zero-order chi connectivity index (χ0) is 20.6. The standard InChI is InChI=1S/C23H22N2O3S/c1-17-7-11-20(12-8-17)23(19-5-3-2-4-6-19)24-22(26)16-29-15-18-9-13-21(14-10-18)25(27)28/h2-14,23H,15-16H2,1H3,(H,24,26)/t23-/m1/s1. The van der Waals surface area contributed by atoms with Crippen molar-refractivity contribution in [1.82, 2.24) is 5.32 Å². The number of rotatable bonds is 8. The first-order valence-corrected chi connectivity index (χ1v) is 10.4. The molecule has 0 aliphatic heterocycles. The number of nitro benzene ring substituents is 1. The molecule has 1 amide bonds. The van der Waals surface area contributed by atoms with E-state index >= 15 is 0 Å². The van der Waals surface area contributed by atoms with Crippen LogP contribution in [0.3, 0.4) is 0 Å². The van der Waals surface area contributed by atoms with Crippen molar-refractivity contribution in [3.8, 4) is 0 Å². The van der Waals surface area contributed by atoms with Gasteiger partial charge in [0.1, 0.15) is 0 Å². The molecule has 0 saturated carbocycles. The molecule has 148 valence electrons. The second-order valence-corrected chi connectivity index (χ2v) is 7.72. The van der Waals surface area contributed by atoms with Gasteiger partial charge < -0.3 is 5.32 Å². The van der Waals surface area contributed by atoms with Gasteiger partial charge in [0.25, 0.3) is 5.69 Å². The predicted molar refractivity (Wildman–Crippen MR) is 117 cm³/mol. The Labute approximate surface area is 174 Å². The number of thioether (sulfide) groups is 1. The highest BCUT2D eigenvalue weighted by Crippen LogP contribution is 2.23. The van der Waals surface area contributed by atoms with Crippen LogP contribution in [0.5, 0.6) is 0 Å². The SMILES string of the molecule is Cc1ccc([C@H](NC(=O)CSCc2ccc([N+](=O)[O-])cc2)c2ccccc2)cc1. The largest absolute Gasteiger partial charge is 0.344 e. The molecule has 1 N–H and O–H groups in total. The minimum absolute atomic E-state index is 0.0497. The van der Waals surface area contributed by atoms with Crippen LogP contribution in [-0.2, 0) is 10.5 Å². The summed E-state index contributed by atoms with van der Waals surface area (Å²) in [6.07, 6.45) is 0. The predicted octanol–water partition coefficient (Wildman–Crippen LogP) is 5.04. The van der Waals surface area contributed by atoms with Gasteiger partial charge in [-0.2, -0.15) is 0 Å². The van der Waals surface area contributed by atoms with Crippen molar-refractivity contribution in [2.24, 2.45) is 0 Å². The molecule has 0 unspecified atom stereocenters. The number of nitrogens with zero attached hydrogens (tertiary/aromatic N) is 1. The molecule has 0 aliphatic carbocycles. The average molecular weight is 407 g/mol. The lowest BCUT2D eigenvalue weighted by Gasteiger charge is -2.20. The Bertz CT molecular complexity index is 958. The minimum atomic E-state index is -0.417. The van der Waals surface area contributed by atoms with E-state index in [4.69, 9.17) is 0 Å². The number of carbonyl (C=O) groups excluding carboxylic acids is 1. The quantitative estimate of drug-likeness (QED) is 0.420. The molecule has 0 spiro atoms. The summed E-state index contributed by atoms with van der Waals surface area (Å²) >= 11 is 1.48. The molecule has 0 fully saturated rings. The highest BCUT2D eigenvalue weighted by Gasteiger charge is 2.16. The summed E-state index contributed by atoms with van der Waals surface area (Å²) in [6.45, 7) is 2.04. The molecule has 3 rings (SSSR count). The number of hydrogen-bond acceptors (Lipinski definition) is 4. The van der Waals surface area contributed by atoms with E-state index in [1.54, 1.807) is 12.1 Å². The van der Waals surface area contributed by atoms with Crippen LogP contribution in [0.25, 0.3) is 0 Å². The molecule has 0 heterocycles. The lowest BCUT2D eigenvalue weighted by Crippen LogP contribution is -2.30. The van der Waals surface area contributed by atoms with E-state index in [2.05, 4.69) is 5.32 Å². The van der Waals surface area contributed by atoms with E-state index in [9.17, 15) is 14.9 Å². The molecular weight excluding hydrogens is 384 g/mol. The molecule has 3 aromatic carbocycles. The fourth-order valence-electron chi connectivity index (χ4n) is 2.94. The number of amides is 1. The fraction of sp³-hybridized carbons (Fsp3) is 0.174. The number of benzene rings is 3. The molecule has 1 atom stereocenters. The monoisotopic (exact) mass is 406 g/mol. The number of hydrogen-bond donors (Lipinski definition) is 1. The summed E-state index contributed by atoms with van der Waals surface area (Å²) in [5.74, 6) is 0.879. The zero-order valence-electron chi connectivity index (χ0n) is 16.1. The molecule has 0 radical (unpaired) electrons. The van der Waals surface area contributed by atoms with E-state index in [1.807, 2.05) is 61.5 Å². The van der Waals surface area contributed by atoms with E-state index in [-0.39, 0.29) is 17.6 Å². The summed E-state index contributed by atoms with van der Waals surface area (Å²) in [7, 11) is 0. The topological polar surface area (TPSA) is 72.2 Å². The number of nitrogens with one attached hydrogen (secondary N) is 1. The molecular formula is C23H22N2O3S. The third-order valence-electron chi connectivity index (χ3n) is 4.50. The minimum Gasteiger partial charge on any atom is -0.344 e. The smallest absolute Gasteiger partial charge is 0.269 e. The van der Waals surface area contributed by atoms with Crippen molar-refractivity contribution in [2.45, 2.75) is 18.7 Å². The summed E-state index contributed by atoms with van der Waals surface area (Å²) in [5.41, 5.74) is 4.26. The lowest BCUT2D eigenvalue weighted by molar-refractivity contribution is -0.384. The highest BCUT2D eigenvalue weighted by atomic mass is 32.2. The third kappa shape index (κ3) is 5.93. The zero-order valence-corrected chi connectivity index (χ0v) is 16.9. The maximum Gasteiger partial charge on any atom is 0.269 e. The first-order chi connectivity index (χ1) is 14.0. The Kier molecular flexibility index (Phi) is 7.03. The van der Waals surface area contributed by atoms with E-state index in [1.165, 1.54) is 29.5 Å². The molecule has 0 aliphatic rings. The fourth-order valence-corrected chi connectivity index (χ4v) is 3.74. The van der Waals surface area contributed by atoms with Gasteiger partial charge in [-0.25, -0.2) is 0 Å². The Morgan fingerprint density at radius 2 is 1.59 bits per heavy atom. The van der Waals surface area contributed by atoms with Gasteiger partial charge in [-0.15, -0.1) is 11.8 Å². The Morgan fingerprint density at radius 1 is 0.966 bits per heavy atom. The van der Waals surface area contributed by atoms with E-state index in [0.29, 0.717) is 11.5 Å². The maximum absolute atomic E-state index is 12.6. The van der Waals surface area contributed by atoms with Crippen LogP contribution in [0.4, 0.5) is 5.69 Å². The van der Waals surface area contributed by atoms with Gasteiger partial charge in [0.2, 0.25) is 5.91 Å². The van der Waals surface area contributed by atoms with Crippen LogP contribution >= 0.6 is 11.8 Å². The summed E-state index contributed by atoms with van der Waals surface area (Å²) in [4.78, 5) is 22.9. The Hall–Kier alpha value is -3.12. The van der Waals surface area contributed by atoms with Gasteiger partial charge in [0.05, 0.1) is 16.7 Å². The molecule has 3 aromatic rings. The average Bonchev–Trinajstić information content (AvgIpc) is 2.74.